The molecule has 2 N–H and O–H groups in total. The molecule has 0 aliphatic carbocycles. The van der Waals surface area contributed by atoms with Crippen molar-refractivity contribution in [2.75, 3.05) is 11.9 Å². The number of nitrogens with zero attached hydrogens (tertiary/aromatic N) is 2. The molecule has 1 atom stereocenters. The normalized spacial score (nSPS) is 16.9. The molecule has 2 heterocycles. The summed E-state index contributed by atoms with van der Waals surface area (Å²) >= 11 is 1.06. The monoisotopic (exact) mass is 369 g/mol. The van der Waals surface area contributed by atoms with Gasteiger partial charge in [-0.2, -0.15) is 0 Å². The molecule has 0 saturated heterocycles. The van der Waals surface area contributed by atoms with Gasteiger partial charge in [-0.1, -0.05) is 0 Å². The van der Waals surface area contributed by atoms with Gasteiger partial charge >= 0.3 is 12.1 Å². The van der Waals surface area contributed by atoms with Crippen molar-refractivity contribution < 1.29 is 29.0 Å². The maximum Gasteiger partial charge on any atom is 0.415 e. The number of nitrogens with one attached hydrogen (secondary N) is 1. The third-order valence-electron chi connectivity index (χ3n) is 2.92. The smallest absolute Gasteiger partial charge is 0.415 e. The fourth-order valence-corrected chi connectivity index (χ4v) is 2.74. The second kappa shape index (κ2) is 7.51. The van der Waals surface area contributed by atoms with Gasteiger partial charge in [-0.25, -0.2) is 9.78 Å². The SMILES string of the molecule is CC(C)(C)OC(=O)N1C=COCC1C(=O)Nc1ncc(CC(=O)O)s1. The molecule has 0 bridgehead atoms. The summed E-state index contributed by atoms with van der Waals surface area (Å²) in [5.74, 6) is -1.49. The number of rotatable bonds is 4. The van der Waals surface area contributed by atoms with E-state index in [1.165, 1.54) is 18.7 Å². The van der Waals surface area contributed by atoms with E-state index in [4.69, 9.17) is 14.6 Å². The Morgan fingerprint density at radius 1 is 1.48 bits per heavy atom. The van der Waals surface area contributed by atoms with Gasteiger partial charge in [0.2, 0.25) is 0 Å². The molecule has 0 saturated carbocycles. The summed E-state index contributed by atoms with van der Waals surface area (Å²) in [4.78, 5) is 41.0. The van der Waals surface area contributed by atoms with E-state index < -0.39 is 29.6 Å². The van der Waals surface area contributed by atoms with Crippen LogP contribution < -0.4 is 5.32 Å². The highest BCUT2D eigenvalue weighted by Crippen LogP contribution is 2.21. The summed E-state index contributed by atoms with van der Waals surface area (Å²) in [5, 5.41) is 11.6. The molecule has 0 spiro atoms. The number of carbonyl (C=O) groups excluding carboxylic acids is 2. The fourth-order valence-electron chi connectivity index (χ4n) is 1.93. The largest absolute Gasteiger partial charge is 0.497 e. The molecule has 0 radical (unpaired) electrons. The summed E-state index contributed by atoms with van der Waals surface area (Å²) < 4.78 is 10.4. The van der Waals surface area contributed by atoms with Crippen LogP contribution in [0.25, 0.3) is 0 Å². The molecule has 1 unspecified atom stereocenters. The number of aliphatic carboxylic acids is 1. The van der Waals surface area contributed by atoms with Crippen LogP contribution in [0.1, 0.15) is 25.6 Å². The molecular formula is C15H19N3O6S. The number of aromatic nitrogens is 1. The van der Waals surface area contributed by atoms with E-state index in [0.717, 1.165) is 16.2 Å². The van der Waals surface area contributed by atoms with Gasteiger partial charge in [-0.05, 0) is 20.8 Å². The zero-order valence-electron chi connectivity index (χ0n) is 14.0. The first kappa shape index (κ1) is 18.7. The number of amides is 2. The van der Waals surface area contributed by atoms with Crippen molar-refractivity contribution in [3.05, 3.63) is 23.5 Å². The number of anilines is 1. The maximum atomic E-state index is 12.5. The van der Waals surface area contributed by atoms with Crippen LogP contribution in [-0.4, -0.2) is 51.2 Å². The Morgan fingerprint density at radius 3 is 2.84 bits per heavy atom. The Morgan fingerprint density at radius 2 is 2.20 bits per heavy atom. The summed E-state index contributed by atoms with van der Waals surface area (Å²) in [6.45, 7) is 5.14. The van der Waals surface area contributed by atoms with Gasteiger partial charge in [-0.15, -0.1) is 11.3 Å². The van der Waals surface area contributed by atoms with Crippen LogP contribution >= 0.6 is 11.3 Å². The third-order valence-corrected chi connectivity index (χ3v) is 3.84. The second-order valence-electron chi connectivity index (χ2n) is 6.21. The van der Waals surface area contributed by atoms with Crippen molar-refractivity contribution in [2.24, 2.45) is 0 Å². The molecule has 0 fully saturated rings. The summed E-state index contributed by atoms with van der Waals surface area (Å²) in [6, 6.07) is -0.924. The van der Waals surface area contributed by atoms with Crippen LogP contribution in [0.15, 0.2) is 18.7 Å². The molecule has 2 rings (SSSR count). The Kier molecular flexibility index (Phi) is 5.62. The number of carboxylic acid groups (broad SMARTS) is 1. The highest BCUT2D eigenvalue weighted by molar-refractivity contribution is 7.15. The third kappa shape index (κ3) is 5.45. The minimum atomic E-state index is -0.983. The van der Waals surface area contributed by atoms with Crippen LogP contribution in [0.5, 0.6) is 0 Å². The minimum absolute atomic E-state index is 0.0328. The lowest BCUT2D eigenvalue weighted by atomic mass is 10.2. The predicted octanol–water partition coefficient (Wildman–Crippen LogP) is 1.82. The lowest BCUT2D eigenvalue weighted by Gasteiger charge is -2.31. The maximum absolute atomic E-state index is 12.5. The van der Waals surface area contributed by atoms with Gasteiger partial charge in [0.15, 0.2) is 11.2 Å². The second-order valence-corrected chi connectivity index (χ2v) is 7.33. The molecule has 1 aliphatic rings. The van der Waals surface area contributed by atoms with Crippen molar-refractivity contribution in [1.29, 1.82) is 0 Å². The summed E-state index contributed by atoms with van der Waals surface area (Å²) in [5.41, 5.74) is -0.703. The van der Waals surface area contributed by atoms with E-state index in [2.05, 4.69) is 10.3 Å². The van der Waals surface area contributed by atoms with Gasteiger partial charge in [0.25, 0.3) is 5.91 Å². The average Bonchev–Trinajstić information content (AvgIpc) is 2.91. The van der Waals surface area contributed by atoms with Crippen LogP contribution in [-0.2, 0) is 25.5 Å². The number of hydrogen-bond acceptors (Lipinski definition) is 7. The minimum Gasteiger partial charge on any atom is -0.497 e. The first-order chi connectivity index (χ1) is 11.7. The Labute approximate surface area is 148 Å². The highest BCUT2D eigenvalue weighted by atomic mass is 32.1. The van der Waals surface area contributed by atoms with Gasteiger partial charge in [0.05, 0.1) is 12.7 Å². The molecule has 10 heteroatoms. The van der Waals surface area contributed by atoms with Crippen molar-refractivity contribution in [1.82, 2.24) is 9.88 Å². The van der Waals surface area contributed by atoms with Crippen molar-refractivity contribution in [2.45, 2.75) is 38.8 Å². The molecule has 136 valence electrons. The van der Waals surface area contributed by atoms with Crippen molar-refractivity contribution >= 4 is 34.4 Å². The number of thiazole rings is 1. The molecule has 1 aromatic heterocycles. The molecule has 0 aromatic carbocycles. The summed E-state index contributed by atoms with van der Waals surface area (Å²) in [7, 11) is 0. The van der Waals surface area contributed by atoms with Crippen LogP contribution in [0, 0.1) is 0 Å². The molecule has 1 aromatic rings. The number of carboxylic acids is 1. The summed E-state index contributed by atoms with van der Waals surface area (Å²) in [6.07, 6.45) is 3.18. The predicted molar refractivity (Wildman–Crippen MR) is 89.0 cm³/mol. The molecule has 1 aliphatic heterocycles. The van der Waals surface area contributed by atoms with E-state index in [1.54, 1.807) is 20.8 Å². The fraction of sp³-hybridized carbons (Fsp3) is 0.467. The van der Waals surface area contributed by atoms with Crippen molar-refractivity contribution in [3.63, 3.8) is 0 Å². The molecule has 9 nitrogen and oxygen atoms in total. The van der Waals surface area contributed by atoms with Gasteiger partial charge < -0.3 is 19.9 Å². The quantitative estimate of drug-likeness (QED) is 0.831. The zero-order valence-corrected chi connectivity index (χ0v) is 14.8. The Hall–Kier alpha value is -2.62. The highest BCUT2D eigenvalue weighted by Gasteiger charge is 2.34. The Bertz CT molecular complexity index is 694. The first-order valence-corrected chi connectivity index (χ1v) is 8.24. The van der Waals surface area contributed by atoms with Gasteiger partial charge in [-0.3, -0.25) is 14.5 Å². The Balaban J connectivity index is 2.05. The molecular weight excluding hydrogens is 350 g/mol. The topological polar surface area (TPSA) is 118 Å². The molecule has 2 amide bonds. The number of hydrogen-bond donors (Lipinski definition) is 2. The zero-order chi connectivity index (χ0) is 18.6. The van der Waals surface area contributed by atoms with Crippen LogP contribution in [0.2, 0.25) is 0 Å². The average molecular weight is 369 g/mol. The van der Waals surface area contributed by atoms with E-state index in [-0.39, 0.29) is 18.2 Å². The lowest BCUT2D eigenvalue weighted by Crippen LogP contribution is -2.50. The standard InChI is InChI=1S/C15H19N3O6S/c1-15(2,3)24-14(22)18-4-5-23-8-10(18)12(21)17-13-16-7-9(25-13)6-11(19)20/h4-5,7,10H,6,8H2,1-3H3,(H,19,20)(H,16,17,21). The molecule has 25 heavy (non-hydrogen) atoms. The lowest BCUT2D eigenvalue weighted by molar-refractivity contribution is -0.136. The van der Waals surface area contributed by atoms with E-state index in [1.807, 2.05) is 0 Å². The van der Waals surface area contributed by atoms with Crippen LogP contribution in [0.4, 0.5) is 9.93 Å². The van der Waals surface area contributed by atoms with E-state index in [0.29, 0.717) is 4.88 Å². The van der Waals surface area contributed by atoms with E-state index in [9.17, 15) is 14.4 Å². The van der Waals surface area contributed by atoms with Gasteiger partial charge in [0.1, 0.15) is 12.2 Å². The van der Waals surface area contributed by atoms with Gasteiger partial charge in [0, 0.05) is 17.3 Å². The first-order valence-electron chi connectivity index (χ1n) is 7.42. The van der Waals surface area contributed by atoms with Crippen LogP contribution in [0.3, 0.4) is 0 Å². The number of carbonyl (C=O) groups is 3. The van der Waals surface area contributed by atoms with Crippen molar-refractivity contribution in [3.8, 4) is 0 Å². The van der Waals surface area contributed by atoms with E-state index >= 15 is 0 Å². The number of ether oxygens (including phenoxy) is 2.